The van der Waals surface area contributed by atoms with Gasteiger partial charge in [-0.2, -0.15) is 0 Å². The molecule has 25 heavy (non-hydrogen) atoms. The molecule has 0 atom stereocenters. The zero-order valence-corrected chi connectivity index (χ0v) is 13.7. The fourth-order valence-electron chi connectivity index (χ4n) is 1.91. The van der Waals surface area contributed by atoms with Crippen molar-refractivity contribution in [3.8, 4) is 5.75 Å². The number of primary sulfonamides is 1. The number of ether oxygens (including phenoxy) is 1. The Morgan fingerprint density at radius 1 is 1.16 bits per heavy atom. The number of anilines is 2. The Hall–Kier alpha value is -3.18. The van der Waals surface area contributed by atoms with Crippen molar-refractivity contribution >= 4 is 33.1 Å². The lowest BCUT2D eigenvalue weighted by Crippen LogP contribution is -2.20. The number of hydrogen-bond acceptors (Lipinski definition) is 6. The number of rotatable bonds is 5. The number of non-ortho nitro benzene ring substituents is 1. The number of benzene rings is 2. The van der Waals surface area contributed by atoms with Crippen LogP contribution in [0, 0.1) is 10.1 Å². The number of nitro groups is 1. The van der Waals surface area contributed by atoms with Crippen molar-refractivity contribution in [2.45, 2.75) is 4.90 Å². The number of methoxy groups -OCH3 is 1. The van der Waals surface area contributed by atoms with Crippen LogP contribution in [0.4, 0.5) is 21.9 Å². The maximum atomic E-state index is 12.0. The number of nitrogens with two attached hydrogens (primary N) is 1. The largest absolute Gasteiger partial charge is 0.494 e. The van der Waals surface area contributed by atoms with Gasteiger partial charge >= 0.3 is 6.03 Å². The van der Waals surface area contributed by atoms with E-state index in [0.29, 0.717) is 5.69 Å². The molecule has 0 unspecified atom stereocenters. The highest BCUT2D eigenvalue weighted by Gasteiger charge is 2.14. The Morgan fingerprint density at radius 3 is 2.32 bits per heavy atom. The quantitative estimate of drug-likeness (QED) is 0.542. The third-order valence-electron chi connectivity index (χ3n) is 3.08. The van der Waals surface area contributed by atoms with E-state index in [0.717, 1.165) is 0 Å². The lowest BCUT2D eigenvalue weighted by Gasteiger charge is -2.11. The lowest BCUT2D eigenvalue weighted by atomic mass is 10.2. The van der Waals surface area contributed by atoms with Gasteiger partial charge in [-0.3, -0.25) is 10.1 Å². The van der Waals surface area contributed by atoms with Gasteiger partial charge in [-0.1, -0.05) is 0 Å². The van der Waals surface area contributed by atoms with Crippen molar-refractivity contribution in [3.63, 3.8) is 0 Å². The van der Waals surface area contributed by atoms with Crippen molar-refractivity contribution in [1.82, 2.24) is 0 Å². The van der Waals surface area contributed by atoms with E-state index in [-0.39, 0.29) is 22.0 Å². The van der Waals surface area contributed by atoms with Crippen LogP contribution in [0.1, 0.15) is 0 Å². The van der Waals surface area contributed by atoms with E-state index < -0.39 is 21.0 Å². The highest BCUT2D eigenvalue weighted by Crippen LogP contribution is 2.29. The maximum Gasteiger partial charge on any atom is 0.323 e. The molecule has 10 nitrogen and oxygen atoms in total. The van der Waals surface area contributed by atoms with Gasteiger partial charge in [-0.15, -0.1) is 0 Å². The summed E-state index contributed by atoms with van der Waals surface area (Å²) in [5.41, 5.74) is 0.374. The topological polar surface area (TPSA) is 154 Å². The summed E-state index contributed by atoms with van der Waals surface area (Å²) in [6.07, 6.45) is 0. The molecule has 0 radical (unpaired) electrons. The van der Waals surface area contributed by atoms with Gasteiger partial charge in [0, 0.05) is 11.8 Å². The van der Waals surface area contributed by atoms with Crippen LogP contribution >= 0.6 is 0 Å². The molecular weight excluding hydrogens is 352 g/mol. The number of nitrogens with zero attached hydrogens (tertiary/aromatic N) is 1. The van der Waals surface area contributed by atoms with Crippen LogP contribution in [-0.4, -0.2) is 26.5 Å². The molecule has 0 aromatic heterocycles. The van der Waals surface area contributed by atoms with Crippen LogP contribution < -0.4 is 20.5 Å². The highest BCUT2D eigenvalue weighted by atomic mass is 32.2. The third kappa shape index (κ3) is 4.65. The second-order valence-electron chi connectivity index (χ2n) is 4.79. The van der Waals surface area contributed by atoms with Crippen LogP contribution in [0.25, 0.3) is 0 Å². The van der Waals surface area contributed by atoms with Gasteiger partial charge in [0.2, 0.25) is 10.0 Å². The van der Waals surface area contributed by atoms with E-state index in [4.69, 9.17) is 9.88 Å². The Morgan fingerprint density at radius 2 is 1.80 bits per heavy atom. The van der Waals surface area contributed by atoms with E-state index in [1.54, 1.807) is 0 Å². The molecule has 2 aromatic carbocycles. The van der Waals surface area contributed by atoms with Gasteiger partial charge in [0.05, 0.1) is 28.7 Å². The maximum absolute atomic E-state index is 12.0. The van der Waals surface area contributed by atoms with Crippen molar-refractivity contribution in [2.75, 3.05) is 17.7 Å². The molecule has 0 aliphatic rings. The van der Waals surface area contributed by atoms with Gasteiger partial charge in [0.15, 0.2) is 0 Å². The number of hydrogen-bond donors (Lipinski definition) is 3. The Kier molecular flexibility index (Phi) is 5.20. The fraction of sp³-hybridized carbons (Fsp3) is 0.0714. The zero-order chi connectivity index (χ0) is 18.6. The molecule has 0 aliphatic carbocycles. The van der Waals surface area contributed by atoms with E-state index in [2.05, 4.69) is 10.6 Å². The van der Waals surface area contributed by atoms with Crippen LogP contribution in [0.3, 0.4) is 0 Å². The predicted molar refractivity (Wildman–Crippen MR) is 90.1 cm³/mol. The van der Waals surface area contributed by atoms with Gasteiger partial charge in [-0.05, 0) is 30.3 Å². The summed E-state index contributed by atoms with van der Waals surface area (Å²) in [5.74, 6) is 0.119. The smallest absolute Gasteiger partial charge is 0.323 e. The van der Waals surface area contributed by atoms with Gasteiger partial charge in [0.25, 0.3) is 5.69 Å². The molecule has 2 aromatic rings. The normalized spacial score (nSPS) is 10.8. The summed E-state index contributed by atoms with van der Waals surface area (Å²) in [7, 11) is -2.50. The highest BCUT2D eigenvalue weighted by molar-refractivity contribution is 7.89. The molecule has 0 fully saturated rings. The molecule has 2 rings (SSSR count). The van der Waals surface area contributed by atoms with Gasteiger partial charge in [0.1, 0.15) is 5.75 Å². The summed E-state index contributed by atoms with van der Waals surface area (Å²) in [4.78, 5) is 22.1. The van der Waals surface area contributed by atoms with E-state index in [1.165, 1.54) is 49.6 Å². The van der Waals surface area contributed by atoms with Gasteiger partial charge < -0.3 is 15.4 Å². The molecule has 11 heteroatoms. The first-order valence-corrected chi connectivity index (χ1v) is 8.28. The summed E-state index contributed by atoms with van der Waals surface area (Å²) >= 11 is 0. The summed E-state index contributed by atoms with van der Waals surface area (Å²) < 4.78 is 27.4. The molecule has 4 N–H and O–H groups in total. The van der Waals surface area contributed by atoms with Crippen molar-refractivity contribution in [2.24, 2.45) is 5.14 Å². The molecule has 0 aliphatic heterocycles. The second kappa shape index (κ2) is 7.15. The summed E-state index contributed by atoms with van der Waals surface area (Å²) in [6, 6.07) is 8.32. The van der Waals surface area contributed by atoms with Crippen molar-refractivity contribution in [1.29, 1.82) is 0 Å². The average molecular weight is 366 g/mol. The van der Waals surface area contributed by atoms with Crippen LogP contribution in [0.15, 0.2) is 47.4 Å². The molecule has 0 bridgehead atoms. The monoisotopic (exact) mass is 366 g/mol. The fourth-order valence-corrected chi connectivity index (χ4v) is 2.42. The Balaban J connectivity index is 2.11. The van der Waals surface area contributed by atoms with Crippen molar-refractivity contribution in [3.05, 3.63) is 52.6 Å². The van der Waals surface area contributed by atoms with Gasteiger partial charge in [-0.25, -0.2) is 18.4 Å². The van der Waals surface area contributed by atoms with E-state index in [1.807, 2.05) is 0 Å². The Bertz CT molecular complexity index is 911. The van der Waals surface area contributed by atoms with E-state index >= 15 is 0 Å². The Labute approximate surface area is 142 Å². The first-order chi connectivity index (χ1) is 11.7. The summed E-state index contributed by atoms with van der Waals surface area (Å²) in [5, 5.41) is 20.7. The number of carbonyl (C=O) groups is 1. The minimum atomic E-state index is -3.82. The first kappa shape index (κ1) is 18.2. The zero-order valence-electron chi connectivity index (χ0n) is 12.9. The number of urea groups is 1. The number of sulfonamides is 1. The SMILES string of the molecule is COc1cc([N+](=O)[O-])ccc1NC(=O)Nc1ccc(S(N)(=O)=O)cc1. The first-order valence-electron chi connectivity index (χ1n) is 6.74. The minimum absolute atomic E-state index is 0.0875. The average Bonchev–Trinajstić information content (AvgIpc) is 2.54. The predicted octanol–water partition coefficient (Wildman–Crippen LogP) is 1.89. The molecule has 0 saturated carbocycles. The van der Waals surface area contributed by atoms with Crippen LogP contribution in [0.2, 0.25) is 0 Å². The molecular formula is C14H14N4O6S. The molecule has 0 heterocycles. The molecule has 132 valence electrons. The number of nitrogens with one attached hydrogen (secondary N) is 2. The second-order valence-corrected chi connectivity index (χ2v) is 6.35. The number of carbonyl (C=O) groups excluding carboxylic acids is 1. The summed E-state index contributed by atoms with van der Waals surface area (Å²) in [6.45, 7) is 0. The van der Waals surface area contributed by atoms with E-state index in [9.17, 15) is 23.3 Å². The lowest BCUT2D eigenvalue weighted by molar-refractivity contribution is -0.384. The molecule has 0 saturated heterocycles. The minimum Gasteiger partial charge on any atom is -0.494 e. The molecule has 0 spiro atoms. The van der Waals surface area contributed by atoms with Crippen LogP contribution in [-0.2, 0) is 10.0 Å². The third-order valence-corrected chi connectivity index (χ3v) is 4.01. The van der Waals surface area contributed by atoms with Crippen molar-refractivity contribution < 1.29 is 22.9 Å². The van der Waals surface area contributed by atoms with Crippen LogP contribution in [0.5, 0.6) is 5.75 Å². The number of amides is 2. The molecule has 2 amide bonds. The standard InChI is InChI=1S/C14H14N4O6S/c1-24-13-8-10(18(20)21)4-7-12(13)17-14(19)16-9-2-5-11(6-3-9)25(15,22)23/h2-8H,1H3,(H2,15,22,23)(H2,16,17,19). The number of nitro benzene ring substituents is 1.